The Kier molecular flexibility index (Phi) is 4.62. The van der Waals surface area contributed by atoms with Crippen LogP contribution in [0, 0.1) is 5.82 Å². The van der Waals surface area contributed by atoms with Gasteiger partial charge in [-0.15, -0.1) is 0 Å². The highest BCUT2D eigenvalue weighted by atomic mass is 19.1. The van der Waals surface area contributed by atoms with Gasteiger partial charge in [0.1, 0.15) is 5.82 Å². The van der Waals surface area contributed by atoms with Gasteiger partial charge in [-0.1, -0.05) is 12.1 Å². The summed E-state index contributed by atoms with van der Waals surface area (Å²) in [5.74, 6) is -0.587. The van der Waals surface area contributed by atoms with Gasteiger partial charge in [-0.05, 0) is 37.1 Å². The number of carbonyl (C=O) groups excluding carboxylic acids is 1. The Balaban J connectivity index is 1.78. The van der Waals surface area contributed by atoms with Crippen molar-refractivity contribution in [1.82, 2.24) is 14.9 Å². The Morgan fingerprint density at radius 1 is 1.39 bits per heavy atom. The van der Waals surface area contributed by atoms with E-state index in [9.17, 15) is 9.18 Å². The molecule has 2 N–H and O–H groups in total. The van der Waals surface area contributed by atoms with Gasteiger partial charge in [0.05, 0.1) is 24.0 Å². The van der Waals surface area contributed by atoms with Gasteiger partial charge in [0.25, 0.3) is 0 Å². The average Bonchev–Trinajstić information content (AvgIpc) is 2.95. The minimum Gasteiger partial charge on any atom is -0.369 e. The lowest BCUT2D eigenvalue weighted by molar-refractivity contribution is -0.119. The number of amides is 1. The van der Waals surface area contributed by atoms with Crippen molar-refractivity contribution in [3.05, 3.63) is 59.4 Å². The number of hydrogen-bond acceptors (Lipinski definition) is 4. The van der Waals surface area contributed by atoms with Gasteiger partial charge in [0.2, 0.25) is 5.91 Å². The standard InChI is InChI=1S/C17H19FN4O/c18-13-4-1-3-12(7-13)8-14-9-20-10-15(21-14)16-5-2-6-22(16)11-17(19)23/h1,3-4,7,9-10,16H,2,5-6,8,11H2,(H2,19,23)/t16-/m0/s1. The van der Waals surface area contributed by atoms with Crippen LogP contribution in [0.25, 0.3) is 0 Å². The molecule has 0 radical (unpaired) electrons. The van der Waals surface area contributed by atoms with Gasteiger partial charge in [-0.25, -0.2) is 4.39 Å². The predicted molar refractivity (Wildman–Crippen MR) is 84.0 cm³/mol. The summed E-state index contributed by atoms with van der Waals surface area (Å²) in [4.78, 5) is 22.1. The first kappa shape index (κ1) is 15.6. The van der Waals surface area contributed by atoms with Crippen LogP contribution in [0.5, 0.6) is 0 Å². The molecule has 1 atom stereocenters. The van der Waals surface area contributed by atoms with Gasteiger partial charge in [0.15, 0.2) is 0 Å². The molecule has 1 aromatic heterocycles. The van der Waals surface area contributed by atoms with Crippen LogP contribution in [0.1, 0.15) is 35.8 Å². The molecule has 1 amide bonds. The Bertz CT molecular complexity index is 706. The van der Waals surface area contributed by atoms with Gasteiger partial charge in [-0.2, -0.15) is 0 Å². The number of carbonyl (C=O) groups is 1. The molecule has 0 unspecified atom stereocenters. The molecule has 1 aromatic carbocycles. The molecule has 23 heavy (non-hydrogen) atoms. The lowest BCUT2D eigenvalue weighted by Gasteiger charge is -2.22. The molecule has 0 saturated carbocycles. The zero-order valence-corrected chi connectivity index (χ0v) is 12.8. The SMILES string of the molecule is NC(=O)CN1CCC[C@H]1c1cncc(Cc2cccc(F)c2)n1. The van der Waals surface area contributed by atoms with Crippen molar-refractivity contribution in [2.75, 3.05) is 13.1 Å². The van der Waals surface area contributed by atoms with E-state index in [1.54, 1.807) is 18.5 Å². The number of halogens is 1. The molecule has 1 fully saturated rings. The Morgan fingerprint density at radius 2 is 2.26 bits per heavy atom. The van der Waals surface area contributed by atoms with Crippen LogP contribution in [-0.4, -0.2) is 33.9 Å². The number of hydrogen-bond donors (Lipinski definition) is 1. The van der Waals surface area contributed by atoms with Crippen molar-refractivity contribution in [3.63, 3.8) is 0 Å². The fourth-order valence-electron chi connectivity index (χ4n) is 3.08. The summed E-state index contributed by atoms with van der Waals surface area (Å²) in [6, 6.07) is 6.55. The number of aromatic nitrogens is 2. The lowest BCUT2D eigenvalue weighted by Crippen LogP contribution is -2.33. The van der Waals surface area contributed by atoms with Gasteiger partial charge < -0.3 is 5.73 Å². The third-order valence-electron chi connectivity index (χ3n) is 4.04. The van der Waals surface area contributed by atoms with Crippen molar-refractivity contribution < 1.29 is 9.18 Å². The maximum atomic E-state index is 13.3. The number of likely N-dealkylation sites (tertiary alicyclic amines) is 1. The highest BCUT2D eigenvalue weighted by molar-refractivity contribution is 5.76. The highest BCUT2D eigenvalue weighted by Gasteiger charge is 2.28. The Hall–Kier alpha value is -2.34. The zero-order chi connectivity index (χ0) is 16.2. The summed E-state index contributed by atoms with van der Waals surface area (Å²) in [5.41, 5.74) is 7.80. The van der Waals surface area contributed by atoms with E-state index in [-0.39, 0.29) is 24.3 Å². The summed E-state index contributed by atoms with van der Waals surface area (Å²) < 4.78 is 13.3. The summed E-state index contributed by atoms with van der Waals surface area (Å²) in [6.45, 7) is 1.07. The topological polar surface area (TPSA) is 72.1 Å². The normalized spacial score (nSPS) is 18.2. The van der Waals surface area contributed by atoms with Gasteiger partial charge in [0, 0.05) is 18.8 Å². The second-order valence-electron chi connectivity index (χ2n) is 5.84. The largest absolute Gasteiger partial charge is 0.369 e. The fraction of sp³-hybridized carbons (Fsp3) is 0.353. The number of benzene rings is 1. The molecule has 2 aromatic rings. The molecule has 5 nitrogen and oxygen atoms in total. The van der Waals surface area contributed by atoms with Crippen LogP contribution >= 0.6 is 0 Å². The first-order valence-electron chi connectivity index (χ1n) is 7.69. The van der Waals surface area contributed by atoms with E-state index in [0.717, 1.165) is 36.3 Å². The van der Waals surface area contributed by atoms with E-state index in [1.807, 2.05) is 11.0 Å². The van der Waals surface area contributed by atoms with Crippen LogP contribution in [-0.2, 0) is 11.2 Å². The summed E-state index contributed by atoms with van der Waals surface area (Å²) >= 11 is 0. The van der Waals surface area contributed by atoms with Crippen molar-refractivity contribution in [1.29, 1.82) is 0 Å². The Morgan fingerprint density at radius 3 is 3.04 bits per heavy atom. The van der Waals surface area contributed by atoms with Gasteiger partial charge >= 0.3 is 0 Å². The van der Waals surface area contributed by atoms with Crippen molar-refractivity contribution >= 4 is 5.91 Å². The lowest BCUT2D eigenvalue weighted by atomic mass is 10.1. The molecular formula is C17H19FN4O. The molecular weight excluding hydrogens is 295 g/mol. The van der Waals surface area contributed by atoms with Crippen LogP contribution in [0.15, 0.2) is 36.7 Å². The minimum atomic E-state index is -0.333. The number of primary amides is 1. The maximum Gasteiger partial charge on any atom is 0.231 e. The molecule has 1 saturated heterocycles. The second kappa shape index (κ2) is 6.83. The third kappa shape index (κ3) is 3.90. The highest BCUT2D eigenvalue weighted by Crippen LogP contribution is 2.30. The summed E-state index contributed by atoms with van der Waals surface area (Å²) in [5, 5.41) is 0. The molecule has 6 heteroatoms. The Labute approximate surface area is 134 Å². The zero-order valence-electron chi connectivity index (χ0n) is 12.8. The molecule has 0 spiro atoms. The number of nitrogens with zero attached hydrogens (tertiary/aromatic N) is 3. The first-order valence-corrected chi connectivity index (χ1v) is 7.69. The van der Waals surface area contributed by atoms with Crippen LogP contribution < -0.4 is 5.73 Å². The van der Waals surface area contributed by atoms with E-state index >= 15 is 0 Å². The van der Waals surface area contributed by atoms with Crippen LogP contribution in [0.3, 0.4) is 0 Å². The second-order valence-corrected chi connectivity index (χ2v) is 5.84. The van der Waals surface area contributed by atoms with E-state index in [1.165, 1.54) is 12.1 Å². The summed E-state index contributed by atoms with van der Waals surface area (Å²) in [7, 11) is 0. The summed E-state index contributed by atoms with van der Waals surface area (Å²) in [6.07, 6.45) is 5.90. The van der Waals surface area contributed by atoms with Crippen molar-refractivity contribution in [2.24, 2.45) is 5.73 Å². The van der Waals surface area contributed by atoms with E-state index in [0.29, 0.717) is 6.42 Å². The monoisotopic (exact) mass is 314 g/mol. The maximum absolute atomic E-state index is 13.3. The molecule has 1 aliphatic heterocycles. The van der Waals surface area contributed by atoms with E-state index in [4.69, 9.17) is 5.73 Å². The smallest absolute Gasteiger partial charge is 0.231 e. The molecule has 120 valence electrons. The predicted octanol–water partition coefficient (Wildman–Crippen LogP) is 1.83. The van der Waals surface area contributed by atoms with Crippen molar-refractivity contribution in [3.8, 4) is 0 Å². The van der Waals surface area contributed by atoms with Crippen LogP contribution in [0.2, 0.25) is 0 Å². The molecule has 0 aliphatic carbocycles. The average molecular weight is 314 g/mol. The molecule has 3 rings (SSSR count). The first-order chi connectivity index (χ1) is 11.1. The molecule has 1 aliphatic rings. The number of nitrogens with two attached hydrogens (primary N) is 1. The molecule has 0 bridgehead atoms. The van der Waals surface area contributed by atoms with E-state index < -0.39 is 0 Å². The molecule has 2 heterocycles. The van der Waals surface area contributed by atoms with Crippen LogP contribution in [0.4, 0.5) is 4.39 Å². The fourth-order valence-corrected chi connectivity index (χ4v) is 3.08. The minimum absolute atomic E-state index is 0.0717. The number of rotatable bonds is 5. The third-order valence-corrected chi connectivity index (χ3v) is 4.04. The van der Waals surface area contributed by atoms with Crippen molar-refractivity contribution in [2.45, 2.75) is 25.3 Å². The van der Waals surface area contributed by atoms with E-state index in [2.05, 4.69) is 9.97 Å². The van der Waals surface area contributed by atoms with Gasteiger partial charge in [-0.3, -0.25) is 19.7 Å². The quantitative estimate of drug-likeness (QED) is 0.914.